The summed E-state index contributed by atoms with van der Waals surface area (Å²) < 4.78 is 16.0. The van der Waals surface area contributed by atoms with E-state index in [-0.39, 0.29) is 0 Å². The van der Waals surface area contributed by atoms with Gasteiger partial charge in [-0.3, -0.25) is 0 Å². The molecule has 0 spiro atoms. The summed E-state index contributed by atoms with van der Waals surface area (Å²) in [4.78, 5) is 0. The van der Waals surface area contributed by atoms with Gasteiger partial charge in [0.2, 0.25) is 0 Å². The minimum Gasteiger partial charge on any atom is -0.497 e. The Morgan fingerprint density at radius 2 is 1.04 bits per heavy atom. The van der Waals surface area contributed by atoms with Gasteiger partial charge in [0.05, 0.1) is 21.3 Å². The summed E-state index contributed by atoms with van der Waals surface area (Å²) in [6, 6.07) is 21.1. The number of ether oxygens (including phenoxy) is 3. The van der Waals surface area contributed by atoms with E-state index >= 15 is 0 Å². The van der Waals surface area contributed by atoms with Crippen molar-refractivity contribution in [2.24, 2.45) is 0 Å². The Morgan fingerprint density at radius 1 is 0.536 bits per heavy atom. The highest BCUT2D eigenvalue weighted by molar-refractivity contribution is 5.60. The molecule has 0 unspecified atom stereocenters. The summed E-state index contributed by atoms with van der Waals surface area (Å²) in [6.45, 7) is 0. The minimum atomic E-state index is 0.617. The second-order valence-electron chi connectivity index (χ2n) is 5.85. The van der Waals surface area contributed by atoms with Gasteiger partial charge < -0.3 is 14.2 Å². The third kappa shape index (κ3) is 4.67. The first-order chi connectivity index (χ1) is 13.7. The molecule has 3 nitrogen and oxygen atoms in total. The number of hydrogen-bond donors (Lipinski definition) is 0. The van der Waals surface area contributed by atoms with Gasteiger partial charge in [0.25, 0.3) is 0 Å². The smallest absolute Gasteiger partial charge is 0.162 e. The zero-order valence-electron chi connectivity index (χ0n) is 16.1. The van der Waals surface area contributed by atoms with E-state index in [1.54, 1.807) is 21.3 Å². The third-order valence-corrected chi connectivity index (χ3v) is 4.07. The van der Waals surface area contributed by atoms with E-state index in [0.29, 0.717) is 11.5 Å². The monoisotopic (exact) mass is 368 g/mol. The zero-order chi connectivity index (χ0) is 19.8. The fraction of sp³-hybridized carbons (Fsp3) is 0.120. The molecular formula is C25H20O3. The van der Waals surface area contributed by atoms with Crippen LogP contribution < -0.4 is 14.2 Å². The second kappa shape index (κ2) is 9.21. The summed E-state index contributed by atoms with van der Waals surface area (Å²) in [7, 11) is 4.85. The molecule has 3 rings (SSSR count). The van der Waals surface area contributed by atoms with Crippen molar-refractivity contribution in [1.29, 1.82) is 0 Å². The van der Waals surface area contributed by atoms with Crippen LogP contribution in [0.3, 0.4) is 0 Å². The van der Waals surface area contributed by atoms with E-state index in [4.69, 9.17) is 14.2 Å². The Kier molecular flexibility index (Phi) is 6.24. The Bertz CT molecular complexity index is 1060. The summed E-state index contributed by atoms with van der Waals surface area (Å²) >= 11 is 0. The van der Waals surface area contributed by atoms with Gasteiger partial charge in [-0.2, -0.15) is 0 Å². The van der Waals surface area contributed by atoms with Crippen LogP contribution in [0.4, 0.5) is 0 Å². The first-order valence-corrected chi connectivity index (χ1v) is 8.72. The Balaban J connectivity index is 2.03. The van der Waals surface area contributed by atoms with Crippen molar-refractivity contribution in [3.05, 3.63) is 89.0 Å². The Hall–Kier alpha value is -3.82. The first-order valence-electron chi connectivity index (χ1n) is 8.72. The van der Waals surface area contributed by atoms with E-state index in [2.05, 4.69) is 23.7 Å². The molecule has 3 heteroatoms. The molecule has 0 aliphatic heterocycles. The van der Waals surface area contributed by atoms with Crippen molar-refractivity contribution in [2.75, 3.05) is 21.3 Å². The largest absolute Gasteiger partial charge is 0.497 e. The molecule has 28 heavy (non-hydrogen) atoms. The van der Waals surface area contributed by atoms with Crippen LogP contribution in [0.5, 0.6) is 17.2 Å². The maximum absolute atomic E-state index is 5.42. The van der Waals surface area contributed by atoms with Gasteiger partial charge in [0.15, 0.2) is 11.5 Å². The fourth-order valence-electron chi connectivity index (χ4n) is 2.56. The van der Waals surface area contributed by atoms with Gasteiger partial charge >= 0.3 is 0 Å². The van der Waals surface area contributed by atoms with Crippen molar-refractivity contribution in [1.82, 2.24) is 0 Å². The molecular weight excluding hydrogens is 348 g/mol. The van der Waals surface area contributed by atoms with Crippen molar-refractivity contribution >= 4 is 0 Å². The van der Waals surface area contributed by atoms with E-state index in [9.17, 15) is 0 Å². The normalized spacial score (nSPS) is 9.39. The van der Waals surface area contributed by atoms with Gasteiger partial charge in [-0.05, 0) is 36.4 Å². The Labute approximate surface area is 165 Å². The summed E-state index contributed by atoms with van der Waals surface area (Å²) in [5, 5.41) is 0. The molecule has 3 aromatic carbocycles. The lowest BCUT2D eigenvalue weighted by molar-refractivity contribution is 0.355. The van der Waals surface area contributed by atoms with Crippen molar-refractivity contribution in [3.8, 4) is 40.9 Å². The molecule has 0 aliphatic rings. The molecule has 0 saturated heterocycles. The van der Waals surface area contributed by atoms with Crippen LogP contribution in [0.25, 0.3) is 0 Å². The summed E-state index contributed by atoms with van der Waals surface area (Å²) in [5.41, 5.74) is 3.38. The molecule has 0 bridgehead atoms. The highest BCUT2D eigenvalue weighted by Gasteiger charge is 2.08. The predicted molar refractivity (Wildman–Crippen MR) is 111 cm³/mol. The number of rotatable bonds is 3. The maximum atomic E-state index is 5.42. The van der Waals surface area contributed by atoms with Gasteiger partial charge in [-0.1, -0.05) is 41.9 Å². The zero-order valence-corrected chi connectivity index (χ0v) is 16.1. The topological polar surface area (TPSA) is 27.7 Å². The lowest BCUT2D eigenvalue weighted by atomic mass is 10.1. The molecule has 0 radical (unpaired) electrons. The molecule has 0 aromatic heterocycles. The second-order valence-corrected chi connectivity index (χ2v) is 5.85. The van der Waals surface area contributed by atoms with Gasteiger partial charge in [-0.25, -0.2) is 0 Å². The van der Waals surface area contributed by atoms with Gasteiger partial charge in [0.1, 0.15) is 5.75 Å². The average molecular weight is 368 g/mol. The molecule has 0 N–H and O–H groups in total. The van der Waals surface area contributed by atoms with Crippen LogP contribution in [0, 0.1) is 23.7 Å². The summed E-state index contributed by atoms with van der Waals surface area (Å²) in [5.74, 6) is 14.8. The number of hydrogen-bond acceptors (Lipinski definition) is 3. The molecule has 138 valence electrons. The van der Waals surface area contributed by atoms with Crippen molar-refractivity contribution < 1.29 is 14.2 Å². The van der Waals surface area contributed by atoms with Gasteiger partial charge in [0, 0.05) is 34.4 Å². The fourth-order valence-corrected chi connectivity index (χ4v) is 2.56. The number of benzene rings is 3. The molecule has 0 fully saturated rings. The highest BCUT2D eigenvalue weighted by atomic mass is 16.5. The first kappa shape index (κ1) is 19.0. The molecule has 0 atom stereocenters. The van der Waals surface area contributed by atoms with Crippen LogP contribution in [-0.2, 0) is 0 Å². The highest BCUT2D eigenvalue weighted by Crippen LogP contribution is 2.30. The molecule has 0 amide bonds. The molecule has 0 aliphatic carbocycles. The van der Waals surface area contributed by atoms with Crippen LogP contribution in [-0.4, -0.2) is 21.3 Å². The lowest BCUT2D eigenvalue weighted by Gasteiger charge is -2.09. The van der Waals surface area contributed by atoms with Gasteiger partial charge in [-0.15, -0.1) is 0 Å². The third-order valence-electron chi connectivity index (χ3n) is 4.07. The van der Waals surface area contributed by atoms with Crippen molar-refractivity contribution in [2.45, 2.75) is 0 Å². The van der Waals surface area contributed by atoms with Crippen LogP contribution >= 0.6 is 0 Å². The van der Waals surface area contributed by atoms with Crippen LogP contribution in [0.2, 0.25) is 0 Å². The SMILES string of the molecule is COc1ccc(C#Cc2cc(OC)c(OC)cc2C#Cc2ccccc2)cc1. The van der Waals surface area contributed by atoms with Crippen LogP contribution in [0.1, 0.15) is 22.3 Å². The number of methoxy groups -OCH3 is 3. The molecule has 0 saturated carbocycles. The minimum absolute atomic E-state index is 0.617. The average Bonchev–Trinajstić information content (AvgIpc) is 2.77. The standard InChI is InChI=1S/C25H20O3/c1-26-23-15-11-20(12-16-23)10-14-22-18-25(28-3)24(27-2)17-21(22)13-9-19-7-5-4-6-8-19/h4-8,11-12,15-18H,1-3H3. The van der Waals surface area contributed by atoms with E-state index in [1.165, 1.54) is 0 Å². The van der Waals surface area contributed by atoms with Crippen molar-refractivity contribution in [3.63, 3.8) is 0 Å². The molecule has 0 heterocycles. The maximum Gasteiger partial charge on any atom is 0.162 e. The van der Waals surface area contributed by atoms with E-state index < -0.39 is 0 Å². The Morgan fingerprint density at radius 3 is 1.50 bits per heavy atom. The predicted octanol–water partition coefficient (Wildman–Crippen LogP) is 4.51. The lowest BCUT2D eigenvalue weighted by Crippen LogP contribution is -1.94. The van der Waals surface area contributed by atoms with E-state index in [1.807, 2.05) is 66.7 Å². The van der Waals surface area contributed by atoms with Crippen LogP contribution in [0.15, 0.2) is 66.7 Å². The molecule has 3 aromatic rings. The van der Waals surface area contributed by atoms with E-state index in [0.717, 1.165) is 28.0 Å². The quantitative estimate of drug-likeness (QED) is 0.637. The summed E-state index contributed by atoms with van der Waals surface area (Å²) in [6.07, 6.45) is 0.